The number of hydrogen-bond donors (Lipinski definition) is 0. The van der Waals surface area contributed by atoms with Gasteiger partial charge in [-0.2, -0.15) is 0 Å². The molecule has 1 rings (SSSR count). The molecule has 1 heterocycles. The van der Waals surface area contributed by atoms with Crippen LogP contribution in [0.1, 0.15) is 41.5 Å². The van der Waals surface area contributed by atoms with Gasteiger partial charge in [0.05, 0.1) is 5.41 Å². The fourth-order valence-electron chi connectivity index (χ4n) is 1.48. The third kappa shape index (κ3) is 1.81. The number of amides is 2. The minimum atomic E-state index is -0.507. The Hall–Kier alpha value is -0.860. The lowest BCUT2D eigenvalue weighted by atomic mass is 9.82. The summed E-state index contributed by atoms with van der Waals surface area (Å²) in [6.45, 7) is 11.8. The van der Waals surface area contributed by atoms with Gasteiger partial charge in [0.25, 0.3) is 0 Å². The molecule has 0 aromatic rings. The van der Waals surface area contributed by atoms with Crippen LogP contribution in [0.25, 0.3) is 0 Å². The van der Waals surface area contributed by atoms with E-state index in [1.165, 1.54) is 4.90 Å². The average Bonchev–Trinajstić information content (AvgIpc) is 2.32. The largest absolute Gasteiger partial charge is 0.282 e. The number of imide groups is 1. The molecular formula is C11H21NO2. The third-order valence-electron chi connectivity index (χ3n) is 2.83. The van der Waals surface area contributed by atoms with Gasteiger partial charge in [0.15, 0.2) is 0 Å². The Morgan fingerprint density at radius 3 is 1.86 bits per heavy atom. The zero-order valence-corrected chi connectivity index (χ0v) is 10.0. The van der Waals surface area contributed by atoms with Crippen molar-refractivity contribution in [3.05, 3.63) is 0 Å². The molecule has 1 aliphatic rings. The molecule has 0 saturated carbocycles. The first-order valence-electron chi connectivity index (χ1n) is 5.28. The summed E-state index contributed by atoms with van der Waals surface area (Å²) in [5.41, 5.74) is -0.507. The standard InChI is InChI=1S/C9H15NO2.C2H6/c1-5-10-7(11)6(2)9(3,4)8(10)12;1-2/h6H,5H2,1-4H3;1-2H3. The lowest BCUT2D eigenvalue weighted by Gasteiger charge is -2.17. The first kappa shape index (κ1) is 13.1. The lowest BCUT2D eigenvalue weighted by Crippen LogP contribution is -2.32. The molecule has 1 saturated heterocycles. The molecule has 1 fully saturated rings. The first-order valence-corrected chi connectivity index (χ1v) is 5.28. The van der Waals surface area contributed by atoms with E-state index in [1.807, 2.05) is 41.5 Å². The van der Waals surface area contributed by atoms with Crippen LogP contribution in [0.5, 0.6) is 0 Å². The molecule has 0 spiro atoms. The number of likely N-dealkylation sites (tertiary alicyclic amines) is 1. The van der Waals surface area contributed by atoms with Gasteiger partial charge in [0, 0.05) is 12.5 Å². The van der Waals surface area contributed by atoms with Crippen molar-refractivity contribution in [1.29, 1.82) is 0 Å². The topological polar surface area (TPSA) is 37.4 Å². The summed E-state index contributed by atoms with van der Waals surface area (Å²) >= 11 is 0. The SMILES string of the molecule is CC.CCN1C(=O)C(C)C(C)(C)C1=O. The van der Waals surface area contributed by atoms with E-state index in [9.17, 15) is 9.59 Å². The van der Waals surface area contributed by atoms with Crippen LogP contribution < -0.4 is 0 Å². The molecule has 1 aliphatic heterocycles. The van der Waals surface area contributed by atoms with E-state index in [0.29, 0.717) is 6.54 Å². The van der Waals surface area contributed by atoms with Gasteiger partial charge in [-0.1, -0.05) is 34.6 Å². The van der Waals surface area contributed by atoms with Crippen LogP contribution >= 0.6 is 0 Å². The highest BCUT2D eigenvalue weighted by Crippen LogP contribution is 2.36. The Kier molecular flexibility index (Phi) is 4.30. The molecule has 3 heteroatoms. The molecule has 0 aliphatic carbocycles. The highest BCUT2D eigenvalue weighted by atomic mass is 16.2. The van der Waals surface area contributed by atoms with Gasteiger partial charge >= 0.3 is 0 Å². The van der Waals surface area contributed by atoms with Crippen molar-refractivity contribution in [2.75, 3.05) is 6.54 Å². The molecule has 0 radical (unpaired) electrons. The van der Waals surface area contributed by atoms with Crippen molar-refractivity contribution in [1.82, 2.24) is 4.90 Å². The summed E-state index contributed by atoms with van der Waals surface area (Å²) in [5, 5.41) is 0. The molecule has 3 nitrogen and oxygen atoms in total. The highest BCUT2D eigenvalue weighted by molar-refractivity contribution is 6.06. The fourth-order valence-corrected chi connectivity index (χ4v) is 1.48. The molecule has 0 N–H and O–H groups in total. The summed E-state index contributed by atoms with van der Waals surface area (Å²) in [4.78, 5) is 24.4. The molecular weight excluding hydrogens is 178 g/mol. The molecule has 0 bridgehead atoms. The van der Waals surface area contributed by atoms with Crippen LogP contribution in [0, 0.1) is 11.3 Å². The van der Waals surface area contributed by atoms with Crippen molar-refractivity contribution < 1.29 is 9.59 Å². The normalized spacial score (nSPS) is 24.7. The van der Waals surface area contributed by atoms with Crippen molar-refractivity contribution in [3.63, 3.8) is 0 Å². The van der Waals surface area contributed by atoms with Crippen molar-refractivity contribution >= 4 is 11.8 Å². The highest BCUT2D eigenvalue weighted by Gasteiger charge is 2.50. The van der Waals surface area contributed by atoms with E-state index in [-0.39, 0.29) is 17.7 Å². The number of rotatable bonds is 1. The third-order valence-corrected chi connectivity index (χ3v) is 2.83. The Morgan fingerprint density at radius 2 is 1.71 bits per heavy atom. The summed E-state index contributed by atoms with van der Waals surface area (Å²) in [5.74, 6) is -0.250. The van der Waals surface area contributed by atoms with Gasteiger partial charge in [0.1, 0.15) is 0 Å². The summed E-state index contributed by atoms with van der Waals surface area (Å²) in [7, 11) is 0. The Labute approximate surface area is 86.5 Å². The Balaban J connectivity index is 0.000000791. The van der Waals surface area contributed by atoms with E-state index in [1.54, 1.807) is 0 Å². The van der Waals surface area contributed by atoms with Crippen LogP contribution in [0.3, 0.4) is 0 Å². The van der Waals surface area contributed by atoms with Crippen molar-refractivity contribution in [2.24, 2.45) is 11.3 Å². The molecule has 0 aromatic carbocycles. The quantitative estimate of drug-likeness (QED) is 0.606. The van der Waals surface area contributed by atoms with Gasteiger partial charge in [-0.25, -0.2) is 0 Å². The molecule has 14 heavy (non-hydrogen) atoms. The van der Waals surface area contributed by atoms with Crippen molar-refractivity contribution in [2.45, 2.75) is 41.5 Å². The number of hydrogen-bond acceptors (Lipinski definition) is 2. The summed E-state index contributed by atoms with van der Waals surface area (Å²) < 4.78 is 0. The van der Waals surface area contributed by atoms with Crippen LogP contribution in [-0.4, -0.2) is 23.3 Å². The molecule has 82 valence electrons. The van der Waals surface area contributed by atoms with E-state index >= 15 is 0 Å². The van der Waals surface area contributed by atoms with Crippen molar-refractivity contribution in [3.8, 4) is 0 Å². The maximum Gasteiger partial charge on any atom is 0.235 e. The summed E-state index contributed by atoms with van der Waals surface area (Å²) in [6.07, 6.45) is 0. The van der Waals surface area contributed by atoms with E-state index in [4.69, 9.17) is 0 Å². The minimum absolute atomic E-state index is 0.0347. The van der Waals surface area contributed by atoms with Gasteiger partial charge in [-0.3, -0.25) is 14.5 Å². The van der Waals surface area contributed by atoms with E-state index in [2.05, 4.69) is 0 Å². The zero-order valence-electron chi connectivity index (χ0n) is 10.0. The number of nitrogens with zero attached hydrogens (tertiary/aromatic N) is 1. The summed E-state index contributed by atoms with van der Waals surface area (Å²) in [6, 6.07) is 0. The lowest BCUT2D eigenvalue weighted by molar-refractivity contribution is -0.140. The van der Waals surface area contributed by atoms with Gasteiger partial charge in [-0.05, 0) is 6.92 Å². The van der Waals surface area contributed by atoms with Gasteiger partial charge in [0.2, 0.25) is 11.8 Å². The van der Waals surface area contributed by atoms with Crippen LogP contribution in [0.2, 0.25) is 0 Å². The molecule has 2 amide bonds. The first-order chi connectivity index (χ1) is 6.42. The minimum Gasteiger partial charge on any atom is -0.282 e. The number of carbonyl (C=O) groups is 2. The zero-order chi connectivity index (χ0) is 11.5. The molecule has 1 atom stereocenters. The maximum atomic E-state index is 11.6. The van der Waals surface area contributed by atoms with E-state index < -0.39 is 5.41 Å². The predicted molar refractivity (Wildman–Crippen MR) is 56.7 cm³/mol. The van der Waals surface area contributed by atoms with Crippen LogP contribution in [0.4, 0.5) is 0 Å². The van der Waals surface area contributed by atoms with E-state index in [0.717, 1.165) is 0 Å². The van der Waals surface area contributed by atoms with Crippen LogP contribution in [-0.2, 0) is 9.59 Å². The second-order valence-electron chi connectivity index (χ2n) is 3.83. The Bertz CT molecular complexity index is 233. The Morgan fingerprint density at radius 1 is 1.29 bits per heavy atom. The average molecular weight is 199 g/mol. The fraction of sp³-hybridized carbons (Fsp3) is 0.818. The predicted octanol–water partition coefficient (Wildman–Crippen LogP) is 2.06. The molecule has 0 aromatic heterocycles. The second kappa shape index (κ2) is 4.58. The van der Waals surface area contributed by atoms with Crippen LogP contribution in [0.15, 0.2) is 0 Å². The van der Waals surface area contributed by atoms with Gasteiger partial charge in [-0.15, -0.1) is 0 Å². The second-order valence-corrected chi connectivity index (χ2v) is 3.83. The monoisotopic (exact) mass is 199 g/mol. The molecule has 1 unspecified atom stereocenters. The number of carbonyl (C=O) groups excluding carboxylic acids is 2. The smallest absolute Gasteiger partial charge is 0.235 e. The van der Waals surface area contributed by atoms with Gasteiger partial charge < -0.3 is 0 Å². The maximum absolute atomic E-state index is 11.6.